The van der Waals surface area contributed by atoms with Gasteiger partial charge in [-0.25, -0.2) is 4.79 Å². The van der Waals surface area contributed by atoms with Crippen LogP contribution in [0, 0.1) is 34.5 Å². The van der Waals surface area contributed by atoms with E-state index < -0.39 is 47.8 Å². The van der Waals surface area contributed by atoms with Crippen molar-refractivity contribution in [2.45, 2.75) is 121 Å². The average molecular weight is 537 g/mol. The number of rotatable bonds is 3. The van der Waals surface area contributed by atoms with Gasteiger partial charge in [0.2, 0.25) is 0 Å². The van der Waals surface area contributed by atoms with Crippen LogP contribution >= 0.6 is 0 Å². The molecule has 3 unspecified atom stereocenters. The van der Waals surface area contributed by atoms with Crippen LogP contribution in [0.25, 0.3) is 0 Å². The van der Waals surface area contributed by atoms with Gasteiger partial charge in [0.15, 0.2) is 6.29 Å². The maximum Gasteiger partial charge on any atom is 0.331 e. The van der Waals surface area contributed by atoms with Gasteiger partial charge in [-0.15, -0.1) is 0 Å². The van der Waals surface area contributed by atoms with Gasteiger partial charge in [-0.3, -0.25) is 0 Å². The van der Waals surface area contributed by atoms with E-state index in [0.717, 1.165) is 44.1 Å². The van der Waals surface area contributed by atoms with Crippen LogP contribution < -0.4 is 0 Å². The van der Waals surface area contributed by atoms with Crippen LogP contribution in [0.2, 0.25) is 0 Å². The van der Waals surface area contributed by atoms with Gasteiger partial charge in [-0.1, -0.05) is 13.8 Å². The van der Waals surface area contributed by atoms with Crippen molar-refractivity contribution in [1.82, 2.24) is 0 Å². The molecule has 38 heavy (non-hydrogen) atoms. The Kier molecular flexibility index (Phi) is 6.58. The minimum Gasteiger partial charge on any atom is -0.458 e. The van der Waals surface area contributed by atoms with Crippen molar-refractivity contribution in [3.8, 4) is 0 Å². The Hall–Kier alpha value is -1.07. The van der Waals surface area contributed by atoms with E-state index in [1.165, 1.54) is 0 Å². The zero-order valence-corrected chi connectivity index (χ0v) is 22.7. The maximum atomic E-state index is 12.4. The van der Waals surface area contributed by atoms with Gasteiger partial charge in [0.25, 0.3) is 0 Å². The van der Waals surface area contributed by atoms with E-state index in [1.807, 2.05) is 0 Å². The number of aliphatic hydroxyl groups excluding tert-OH is 4. The molecule has 0 bridgehead atoms. The normalized spacial score (nSPS) is 56.5. The lowest BCUT2D eigenvalue weighted by molar-refractivity contribution is -0.311. The highest BCUT2D eigenvalue weighted by molar-refractivity contribution is 5.85. The van der Waals surface area contributed by atoms with Crippen LogP contribution in [0.3, 0.4) is 0 Å². The number of cyclic esters (lactones) is 1. The lowest BCUT2D eigenvalue weighted by atomic mass is 9.42. The standard InChI is InChI=1S/C29H44O9/c1-14-23(32)24(33)25(34)26(37-14)38-17-6-8-27(2)16(11-17)4-5-19-22(27)20(30)12-28(3)18(7-9-29(19,28)35)15-10-21(31)36-13-15/h10,14,16-20,22-26,30,32-35H,4-9,11-13H2,1-3H3/t14-,16?,17?,18+,19+,20?,22+,23-,24+,25+,26-,27-,28+,29-/m0/s1. The quantitative estimate of drug-likeness (QED) is 0.267. The zero-order valence-electron chi connectivity index (χ0n) is 22.7. The molecular formula is C29H44O9. The zero-order chi connectivity index (χ0) is 27.2. The number of hydrogen-bond donors (Lipinski definition) is 5. The highest BCUT2D eigenvalue weighted by Gasteiger charge is 2.70. The van der Waals surface area contributed by atoms with Crippen LogP contribution in [0.5, 0.6) is 0 Å². The Labute approximate surface area is 224 Å². The number of carbonyl (C=O) groups excluding carboxylic acids is 1. The van der Waals surface area contributed by atoms with E-state index in [1.54, 1.807) is 13.0 Å². The summed E-state index contributed by atoms with van der Waals surface area (Å²) in [6.45, 7) is 6.32. The number of fused-ring (bicyclic) bond motifs is 5. The van der Waals surface area contributed by atoms with E-state index in [9.17, 15) is 30.3 Å². The van der Waals surface area contributed by atoms with Crippen LogP contribution in [-0.4, -0.2) is 86.6 Å². The van der Waals surface area contributed by atoms with E-state index >= 15 is 0 Å². The molecule has 5 fully saturated rings. The molecule has 0 aromatic heterocycles. The van der Waals surface area contributed by atoms with Gasteiger partial charge < -0.3 is 39.7 Å². The molecule has 9 heteroatoms. The molecule has 4 saturated carbocycles. The third kappa shape index (κ3) is 3.80. The number of esters is 1. The van der Waals surface area contributed by atoms with Crippen LogP contribution in [0.4, 0.5) is 0 Å². The monoisotopic (exact) mass is 536 g/mol. The van der Waals surface area contributed by atoms with Gasteiger partial charge in [0.05, 0.1) is 23.9 Å². The van der Waals surface area contributed by atoms with Gasteiger partial charge in [0, 0.05) is 11.5 Å². The molecule has 6 rings (SSSR count). The van der Waals surface area contributed by atoms with Crippen molar-refractivity contribution in [1.29, 1.82) is 0 Å². The molecule has 2 heterocycles. The van der Waals surface area contributed by atoms with Crippen LogP contribution in [-0.2, 0) is 19.0 Å². The molecule has 0 radical (unpaired) electrons. The van der Waals surface area contributed by atoms with E-state index in [4.69, 9.17) is 14.2 Å². The summed E-state index contributed by atoms with van der Waals surface area (Å²) >= 11 is 0. The molecule has 9 nitrogen and oxygen atoms in total. The fraction of sp³-hybridized carbons (Fsp3) is 0.897. The van der Waals surface area contributed by atoms with Crippen LogP contribution in [0.1, 0.15) is 72.1 Å². The second-order valence-electron chi connectivity index (χ2n) is 13.7. The largest absolute Gasteiger partial charge is 0.458 e. The Balaban J connectivity index is 1.19. The van der Waals surface area contributed by atoms with Crippen molar-refractivity contribution < 1.29 is 44.5 Å². The fourth-order valence-corrected chi connectivity index (χ4v) is 9.91. The average Bonchev–Trinajstić information content (AvgIpc) is 3.41. The molecule has 2 aliphatic heterocycles. The summed E-state index contributed by atoms with van der Waals surface area (Å²) in [7, 11) is 0. The summed E-state index contributed by atoms with van der Waals surface area (Å²) < 4.78 is 17.1. The number of hydrogen-bond acceptors (Lipinski definition) is 9. The van der Waals surface area contributed by atoms with E-state index in [2.05, 4.69) is 13.8 Å². The third-order valence-electron chi connectivity index (χ3n) is 12.0. The number of ether oxygens (including phenoxy) is 3. The molecule has 4 aliphatic carbocycles. The van der Waals surface area contributed by atoms with Gasteiger partial charge in [0.1, 0.15) is 24.9 Å². The predicted molar refractivity (Wildman–Crippen MR) is 134 cm³/mol. The maximum absolute atomic E-state index is 12.4. The molecule has 1 saturated heterocycles. The number of aliphatic hydroxyl groups is 5. The molecule has 0 spiro atoms. The first-order valence-corrected chi connectivity index (χ1v) is 14.5. The Morgan fingerprint density at radius 2 is 1.76 bits per heavy atom. The second kappa shape index (κ2) is 9.23. The molecule has 14 atom stereocenters. The van der Waals surface area contributed by atoms with Crippen molar-refractivity contribution in [3.63, 3.8) is 0 Å². The van der Waals surface area contributed by atoms with E-state index in [-0.39, 0.29) is 41.8 Å². The molecular weight excluding hydrogens is 492 g/mol. The fourth-order valence-electron chi connectivity index (χ4n) is 9.91. The van der Waals surface area contributed by atoms with Gasteiger partial charge in [-0.2, -0.15) is 0 Å². The molecule has 5 N–H and O–H groups in total. The SMILES string of the molecule is C[C@@H]1O[C@@H](OC2CC[C@@]3(C)C(CC[C@@H]4[C@@H]3C(O)C[C@]3(C)[C@@H](C5=CC(=O)OC5)CC[C@]43O)C2)[C@H](O)[C@H](O)[C@H]1O. The minimum absolute atomic E-state index is 0.0143. The molecule has 6 aliphatic rings. The Morgan fingerprint density at radius 1 is 1.00 bits per heavy atom. The highest BCUT2D eigenvalue weighted by Crippen LogP contribution is 2.70. The third-order valence-corrected chi connectivity index (χ3v) is 12.0. The summed E-state index contributed by atoms with van der Waals surface area (Å²) in [6.07, 6.45) is 1.49. The first-order valence-electron chi connectivity index (χ1n) is 14.5. The summed E-state index contributed by atoms with van der Waals surface area (Å²) in [5, 5.41) is 54.7. The highest BCUT2D eigenvalue weighted by atomic mass is 16.7. The molecule has 214 valence electrons. The summed E-state index contributed by atoms with van der Waals surface area (Å²) in [5.74, 6) is -0.0314. The van der Waals surface area contributed by atoms with E-state index in [0.29, 0.717) is 18.8 Å². The van der Waals surface area contributed by atoms with Crippen molar-refractivity contribution >= 4 is 5.97 Å². The minimum atomic E-state index is -1.32. The first kappa shape index (κ1) is 27.1. The summed E-state index contributed by atoms with van der Waals surface area (Å²) in [4.78, 5) is 11.8. The van der Waals surface area contributed by atoms with Gasteiger partial charge in [-0.05, 0) is 93.0 Å². The second-order valence-corrected chi connectivity index (χ2v) is 13.7. The number of carbonyl (C=O) groups is 1. The molecule has 0 aromatic rings. The Bertz CT molecular complexity index is 985. The topological polar surface area (TPSA) is 146 Å². The van der Waals surface area contributed by atoms with Crippen molar-refractivity contribution in [2.75, 3.05) is 6.61 Å². The molecule has 0 aromatic carbocycles. The summed E-state index contributed by atoms with van der Waals surface area (Å²) in [6, 6.07) is 0. The lowest BCUT2D eigenvalue weighted by Crippen LogP contribution is -2.66. The first-order chi connectivity index (χ1) is 17.9. The van der Waals surface area contributed by atoms with Crippen LogP contribution in [0.15, 0.2) is 11.6 Å². The van der Waals surface area contributed by atoms with Gasteiger partial charge >= 0.3 is 5.97 Å². The molecule has 0 amide bonds. The van der Waals surface area contributed by atoms with Crippen molar-refractivity contribution in [2.24, 2.45) is 34.5 Å². The Morgan fingerprint density at radius 3 is 2.47 bits per heavy atom. The smallest absolute Gasteiger partial charge is 0.331 e. The summed E-state index contributed by atoms with van der Waals surface area (Å²) in [5.41, 5.74) is -0.607. The predicted octanol–water partition coefficient (Wildman–Crippen LogP) is 1.43. The lowest BCUT2D eigenvalue weighted by Gasteiger charge is -2.65. The van der Waals surface area contributed by atoms with Crippen molar-refractivity contribution in [3.05, 3.63) is 11.6 Å².